The van der Waals surface area contributed by atoms with Crippen LogP contribution >= 0.6 is 0 Å². The zero-order valence-electron chi connectivity index (χ0n) is 17.6. The Hall–Kier alpha value is -3.55. The molecule has 2 amide bonds. The van der Waals surface area contributed by atoms with Crippen molar-refractivity contribution in [1.82, 2.24) is 15.1 Å². The maximum atomic E-state index is 12.5. The molecule has 0 aliphatic carbocycles. The normalized spacial score (nSPS) is 15.1. The molecule has 0 saturated heterocycles. The summed E-state index contributed by atoms with van der Waals surface area (Å²) in [7, 11) is 3.22. The molecule has 1 aromatic rings. The molecular weight excluding hydrogens is 382 g/mol. The van der Waals surface area contributed by atoms with Crippen LogP contribution in [0.25, 0.3) is 5.70 Å². The molecule has 5 N–H and O–H groups in total. The highest BCUT2D eigenvalue weighted by atomic mass is 16.2. The van der Waals surface area contributed by atoms with Gasteiger partial charge in [0.25, 0.3) is 5.91 Å². The van der Waals surface area contributed by atoms with Gasteiger partial charge in [0.15, 0.2) is 0 Å². The van der Waals surface area contributed by atoms with Gasteiger partial charge in [0.05, 0.1) is 6.54 Å². The fraction of sp³-hybridized carbons (Fsp3) is 0.318. The van der Waals surface area contributed by atoms with E-state index in [2.05, 4.69) is 5.32 Å². The zero-order valence-corrected chi connectivity index (χ0v) is 17.6. The smallest absolute Gasteiger partial charge is 0.270 e. The molecule has 160 valence electrons. The van der Waals surface area contributed by atoms with E-state index in [1.165, 1.54) is 11.0 Å². The molecule has 0 spiro atoms. The summed E-state index contributed by atoms with van der Waals surface area (Å²) in [5.41, 5.74) is 15.1. The van der Waals surface area contributed by atoms with Crippen LogP contribution in [-0.2, 0) is 14.4 Å². The van der Waals surface area contributed by atoms with E-state index in [1.54, 1.807) is 25.1 Å². The van der Waals surface area contributed by atoms with E-state index in [9.17, 15) is 14.4 Å². The first kappa shape index (κ1) is 22.7. The Bertz CT molecular complexity index is 915. The number of hydrogen-bond acceptors (Lipinski definition) is 6. The Morgan fingerprint density at radius 2 is 1.90 bits per heavy atom. The average molecular weight is 412 g/mol. The van der Waals surface area contributed by atoms with Crippen molar-refractivity contribution in [3.05, 3.63) is 64.6 Å². The zero-order chi connectivity index (χ0) is 22.3. The number of hydrogen-bond donors (Lipinski definition) is 3. The number of nitrogens with zero attached hydrogens (tertiary/aromatic N) is 2. The first-order chi connectivity index (χ1) is 14.2. The van der Waals surface area contributed by atoms with Crippen LogP contribution in [0.1, 0.15) is 24.0 Å². The second-order valence-electron chi connectivity index (χ2n) is 7.32. The van der Waals surface area contributed by atoms with Gasteiger partial charge < -0.3 is 26.6 Å². The van der Waals surface area contributed by atoms with E-state index in [0.29, 0.717) is 36.9 Å². The van der Waals surface area contributed by atoms with Crippen molar-refractivity contribution in [3.8, 4) is 0 Å². The fourth-order valence-electron chi connectivity index (χ4n) is 3.23. The Morgan fingerprint density at radius 3 is 2.53 bits per heavy atom. The standard InChI is InChI=1S/C22H29N5O3/c1-15-7-4-5-9-17(15)18(23)10-11-19(24)25-20(29)13-27-12-6-8-16(14-28)21(27)22(30)26(2)3/h4-5,7,9-11,14H,6,8,12-13,23-24H2,1-3H3,(H,25,29)/b18-10-,19-11+. The Kier molecular flexibility index (Phi) is 7.80. The number of benzene rings is 1. The first-order valence-corrected chi connectivity index (χ1v) is 9.68. The molecule has 1 aliphatic rings. The van der Waals surface area contributed by atoms with Crippen molar-refractivity contribution in [2.24, 2.45) is 11.5 Å². The van der Waals surface area contributed by atoms with E-state index in [4.69, 9.17) is 11.5 Å². The number of rotatable bonds is 7. The van der Waals surface area contributed by atoms with Gasteiger partial charge in [-0.25, -0.2) is 0 Å². The summed E-state index contributed by atoms with van der Waals surface area (Å²) in [6, 6.07) is 7.68. The molecule has 0 fully saturated rings. The summed E-state index contributed by atoms with van der Waals surface area (Å²) in [6.07, 6.45) is 5.04. The van der Waals surface area contributed by atoms with Gasteiger partial charge in [-0.1, -0.05) is 24.3 Å². The second kappa shape index (κ2) is 10.3. The van der Waals surface area contributed by atoms with E-state index in [1.807, 2.05) is 31.2 Å². The number of aryl methyl sites for hydroxylation is 1. The number of aldehydes is 1. The van der Waals surface area contributed by atoms with Gasteiger partial charge >= 0.3 is 0 Å². The molecule has 0 bridgehead atoms. The molecule has 0 radical (unpaired) electrons. The summed E-state index contributed by atoms with van der Waals surface area (Å²) in [5.74, 6) is -0.557. The minimum atomic E-state index is -0.386. The Labute approximate surface area is 176 Å². The van der Waals surface area contributed by atoms with Gasteiger partial charge in [-0.2, -0.15) is 0 Å². The third kappa shape index (κ3) is 5.73. The quantitative estimate of drug-likeness (QED) is 0.452. The summed E-state index contributed by atoms with van der Waals surface area (Å²) in [6.45, 7) is 2.37. The molecule has 30 heavy (non-hydrogen) atoms. The highest BCUT2D eigenvalue weighted by Gasteiger charge is 2.28. The molecule has 8 heteroatoms. The minimum Gasteiger partial charge on any atom is -0.398 e. The van der Waals surface area contributed by atoms with Crippen molar-refractivity contribution < 1.29 is 14.4 Å². The number of carbonyl (C=O) groups is 3. The van der Waals surface area contributed by atoms with E-state index in [0.717, 1.165) is 11.1 Å². The summed E-state index contributed by atoms with van der Waals surface area (Å²) >= 11 is 0. The first-order valence-electron chi connectivity index (χ1n) is 9.68. The maximum Gasteiger partial charge on any atom is 0.270 e. The van der Waals surface area contributed by atoms with Crippen molar-refractivity contribution in [3.63, 3.8) is 0 Å². The van der Waals surface area contributed by atoms with Crippen LogP contribution in [0.4, 0.5) is 0 Å². The molecule has 1 aliphatic heterocycles. The van der Waals surface area contributed by atoms with Gasteiger partial charge in [0.1, 0.15) is 17.8 Å². The molecular formula is C22H29N5O3. The highest BCUT2D eigenvalue weighted by Crippen LogP contribution is 2.22. The minimum absolute atomic E-state index is 0.0855. The lowest BCUT2D eigenvalue weighted by molar-refractivity contribution is -0.127. The second-order valence-corrected chi connectivity index (χ2v) is 7.32. The fourth-order valence-corrected chi connectivity index (χ4v) is 3.23. The summed E-state index contributed by atoms with van der Waals surface area (Å²) in [4.78, 5) is 39.4. The number of allylic oxidation sites excluding steroid dienone is 3. The molecule has 2 rings (SSSR count). The SMILES string of the molecule is Cc1ccccc1/C(N)=C/C=C(\N)NC(=O)CN1CCCC(C=O)=C1C(=O)N(C)C. The lowest BCUT2D eigenvalue weighted by Crippen LogP contribution is -2.44. The molecule has 0 atom stereocenters. The summed E-state index contributed by atoms with van der Waals surface area (Å²) in [5, 5.41) is 2.59. The number of nitrogens with two attached hydrogens (primary N) is 2. The van der Waals surface area contributed by atoms with Gasteiger partial charge in [-0.05, 0) is 37.5 Å². The monoisotopic (exact) mass is 411 g/mol. The van der Waals surface area contributed by atoms with Gasteiger partial charge in [0.2, 0.25) is 5.91 Å². The van der Waals surface area contributed by atoms with Crippen molar-refractivity contribution in [2.75, 3.05) is 27.2 Å². The highest BCUT2D eigenvalue weighted by molar-refractivity contribution is 5.99. The van der Waals surface area contributed by atoms with Crippen LogP contribution in [0.2, 0.25) is 0 Å². The van der Waals surface area contributed by atoms with E-state index >= 15 is 0 Å². The van der Waals surface area contributed by atoms with Crippen LogP contribution in [-0.4, -0.2) is 55.1 Å². The predicted molar refractivity (Wildman–Crippen MR) is 116 cm³/mol. The van der Waals surface area contributed by atoms with Crippen LogP contribution < -0.4 is 16.8 Å². The molecule has 0 saturated carbocycles. The van der Waals surface area contributed by atoms with Crippen molar-refractivity contribution in [1.29, 1.82) is 0 Å². The Balaban J connectivity index is 2.09. The molecule has 1 aromatic carbocycles. The number of amides is 2. The molecule has 8 nitrogen and oxygen atoms in total. The molecule has 0 aromatic heterocycles. The molecule has 0 unspecified atom stereocenters. The number of likely N-dealkylation sites (N-methyl/N-ethyl adjacent to an activating group) is 1. The lowest BCUT2D eigenvalue weighted by Gasteiger charge is -2.32. The maximum absolute atomic E-state index is 12.5. The number of nitrogens with one attached hydrogen (secondary N) is 1. The number of carbonyl (C=O) groups excluding carboxylic acids is 3. The van der Waals surface area contributed by atoms with Crippen molar-refractivity contribution in [2.45, 2.75) is 19.8 Å². The van der Waals surface area contributed by atoms with Crippen molar-refractivity contribution >= 4 is 23.8 Å². The lowest BCUT2D eigenvalue weighted by atomic mass is 10.0. The summed E-state index contributed by atoms with van der Waals surface area (Å²) < 4.78 is 0. The third-order valence-electron chi connectivity index (χ3n) is 4.76. The van der Waals surface area contributed by atoms with E-state index < -0.39 is 0 Å². The third-order valence-corrected chi connectivity index (χ3v) is 4.76. The average Bonchev–Trinajstić information content (AvgIpc) is 2.71. The van der Waals surface area contributed by atoms with Crippen LogP contribution in [0.5, 0.6) is 0 Å². The predicted octanol–water partition coefficient (Wildman–Crippen LogP) is 0.848. The van der Waals surface area contributed by atoms with Crippen LogP contribution in [0.15, 0.2) is 53.5 Å². The Morgan fingerprint density at radius 1 is 1.20 bits per heavy atom. The largest absolute Gasteiger partial charge is 0.398 e. The van der Waals surface area contributed by atoms with Gasteiger partial charge in [0, 0.05) is 37.5 Å². The van der Waals surface area contributed by atoms with Gasteiger partial charge in [-0.15, -0.1) is 0 Å². The van der Waals surface area contributed by atoms with Gasteiger partial charge in [-0.3, -0.25) is 14.4 Å². The van der Waals surface area contributed by atoms with E-state index in [-0.39, 0.29) is 29.9 Å². The van der Waals surface area contributed by atoms with Crippen LogP contribution in [0, 0.1) is 6.92 Å². The topological polar surface area (TPSA) is 122 Å². The molecule has 1 heterocycles. The van der Waals surface area contributed by atoms with Crippen LogP contribution in [0.3, 0.4) is 0 Å².